The summed E-state index contributed by atoms with van der Waals surface area (Å²) < 4.78 is 53.4. The average Bonchev–Trinajstić information content (AvgIpc) is 3.59. The zero-order valence-corrected chi connectivity index (χ0v) is 33.3. The van der Waals surface area contributed by atoms with E-state index in [1.165, 1.54) is 83.1 Å². The Morgan fingerprint density at radius 1 is 0.830 bits per heavy atom. The zero-order chi connectivity index (χ0) is 37.7. The molecule has 1 saturated heterocycles. The van der Waals surface area contributed by atoms with Gasteiger partial charge in [0.2, 0.25) is 0 Å². The second-order valence-electron chi connectivity index (χ2n) is 15.9. The molecule has 6 nitrogen and oxygen atoms in total. The number of halogens is 1. The number of aliphatic hydroxyl groups is 1. The number of unbranched alkanes of at least 4 members (excludes halogenated alkanes) is 12. The van der Waals surface area contributed by atoms with Crippen LogP contribution in [0, 0.1) is 30.5 Å². The molecule has 2 fully saturated rings. The largest absolute Gasteiger partial charge is 0.496 e. The molecule has 2 aliphatic rings. The molecule has 3 aromatic carbocycles. The Morgan fingerprint density at radius 2 is 1.43 bits per heavy atom. The molecule has 0 bridgehead atoms. The molecule has 0 radical (unpaired) electrons. The van der Waals surface area contributed by atoms with E-state index in [-0.39, 0.29) is 47.3 Å². The maximum atomic E-state index is 15.5. The molecule has 53 heavy (non-hydrogen) atoms. The summed E-state index contributed by atoms with van der Waals surface area (Å²) in [6.07, 6.45) is 18.9. The molecule has 1 aliphatic heterocycles. The third-order valence-electron chi connectivity index (χ3n) is 11.9. The Bertz CT molecular complexity index is 1650. The number of methoxy groups -OCH3 is 1. The summed E-state index contributed by atoms with van der Waals surface area (Å²) in [5, 5.41) is 12.6. The van der Waals surface area contributed by atoms with Crippen molar-refractivity contribution in [1.82, 2.24) is 4.90 Å². The van der Waals surface area contributed by atoms with Gasteiger partial charge in [0.15, 0.2) is 0 Å². The van der Waals surface area contributed by atoms with Gasteiger partial charge in [-0.2, -0.15) is 8.42 Å². The van der Waals surface area contributed by atoms with Gasteiger partial charge in [0.05, 0.1) is 24.2 Å². The summed E-state index contributed by atoms with van der Waals surface area (Å²) in [5.41, 5.74) is 0.925. The first-order valence-corrected chi connectivity index (χ1v) is 21.9. The van der Waals surface area contributed by atoms with Crippen molar-refractivity contribution in [3.63, 3.8) is 0 Å². The maximum Gasteiger partial charge on any atom is 0.296 e. The van der Waals surface area contributed by atoms with Gasteiger partial charge >= 0.3 is 0 Å². The Balaban J connectivity index is 1.26. The van der Waals surface area contributed by atoms with Crippen molar-refractivity contribution in [3.05, 3.63) is 95.3 Å². The molecule has 1 N–H and O–H groups in total. The van der Waals surface area contributed by atoms with E-state index in [1.54, 1.807) is 49.6 Å². The summed E-state index contributed by atoms with van der Waals surface area (Å²) in [7, 11) is -2.26. The highest BCUT2D eigenvalue weighted by Gasteiger charge is 2.54. The van der Waals surface area contributed by atoms with E-state index in [0.717, 1.165) is 36.3 Å². The van der Waals surface area contributed by atoms with Crippen LogP contribution in [0.5, 0.6) is 5.75 Å². The molecule has 1 aliphatic carbocycles. The first-order chi connectivity index (χ1) is 25.7. The topological polar surface area (TPSA) is 76.1 Å². The fourth-order valence-corrected chi connectivity index (χ4v) is 10.1. The minimum Gasteiger partial charge on any atom is -0.496 e. The summed E-state index contributed by atoms with van der Waals surface area (Å²) in [6.45, 7) is 5.45. The lowest BCUT2D eigenvalue weighted by Gasteiger charge is -2.45. The number of ether oxygens (including phenoxy) is 1. The number of likely N-dealkylation sites (tertiary alicyclic amines) is 1. The summed E-state index contributed by atoms with van der Waals surface area (Å²) in [4.78, 5) is 2.59. The molecular weight excluding hydrogens is 686 g/mol. The van der Waals surface area contributed by atoms with Crippen molar-refractivity contribution in [2.75, 3.05) is 26.8 Å². The van der Waals surface area contributed by atoms with Crippen LogP contribution in [0.1, 0.15) is 132 Å². The van der Waals surface area contributed by atoms with E-state index in [1.807, 2.05) is 19.1 Å². The van der Waals surface area contributed by atoms with Crippen LogP contribution in [0.15, 0.2) is 77.7 Å². The predicted molar refractivity (Wildman–Crippen MR) is 212 cm³/mol. The highest BCUT2D eigenvalue weighted by atomic mass is 32.2. The van der Waals surface area contributed by atoms with Crippen LogP contribution < -0.4 is 4.74 Å². The minimum atomic E-state index is -3.98. The zero-order valence-electron chi connectivity index (χ0n) is 32.5. The van der Waals surface area contributed by atoms with E-state index >= 15 is 4.39 Å². The molecular formula is C45H64FNO5S. The lowest BCUT2D eigenvalue weighted by Crippen LogP contribution is -2.47. The maximum absolute atomic E-state index is 15.5. The highest BCUT2D eigenvalue weighted by molar-refractivity contribution is 7.86. The van der Waals surface area contributed by atoms with E-state index in [2.05, 4.69) is 24.0 Å². The molecule has 1 heterocycles. The van der Waals surface area contributed by atoms with E-state index in [0.29, 0.717) is 13.0 Å². The second-order valence-corrected chi connectivity index (χ2v) is 17.5. The lowest BCUT2D eigenvalue weighted by molar-refractivity contribution is -0.0915. The number of hydrogen-bond acceptors (Lipinski definition) is 6. The van der Waals surface area contributed by atoms with E-state index in [4.69, 9.17) is 8.92 Å². The van der Waals surface area contributed by atoms with Crippen LogP contribution in [0.2, 0.25) is 0 Å². The minimum absolute atomic E-state index is 0.0351. The Morgan fingerprint density at radius 3 is 2.08 bits per heavy atom. The smallest absolute Gasteiger partial charge is 0.296 e. The first-order valence-electron chi connectivity index (χ1n) is 20.5. The van der Waals surface area contributed by atoms with Gasteiger partial charge in [0.1, 0.15) is 11.6 Å². The fourth-order valence-electron chi connectivity index (χ4n) is 9.08. The van der Waals surface area contributed by atoms with Gasteiger partial charge in [-0.3, -0.25) is 9.08 Å². The van der Waals surface area contributed by atoms with Crippen LogP contribution in [-0.4, -0.2) is 45.2 Å². The average molecular weight is 750 g/mol. The predicted octanol–water partition coefficient (Wildman–Crippen LogP) is 10.9. The van der Waals surface area contributed by atoms with E-state index < -0.39 is 21.5 Å². The quantitative estimate of drug-likeness (QED) is 0.0814. The summed E-state index contributed by atoms with van der Waals surface area (Å²) in [6, 6.07) is 21.5. The number of fused-ring (bicyclic) bond motifs is 1. The first kappa shape index (κ1) is 41.4. The number of rotatable bonds is 22. The molecule has 1 saturated carbocycles. The van der Waals surface area contributed by atoms with Crippen LogP contribution in [-0.2, 0) is 19.9 Å². The molecule has 3 aromatic rings. The highest BCUT2D eigenvalue weighted by Crippen LogP contribution is 2.53. The van der Waals surface area contributed by atoms with Gasteiger partial charge in [-0.05, 0) is 62.3 Å². The SMILES string of the molecule is CCCCCCCCCCCCCCCC(c1ccccc1OC)N1CC2CC(COS(=O)(=O)c3ccc(C)cc3)CC(O)(c3ccccc3F)C2C1. The van der Waals surface area contributed by atoms with Crippen LogP contribution in [0.3, 0.4) is 0 Å². The number of hydrogen-bond donors (Lipinski definition) is 1. The van der Waals surface area contributed by atoms with Crippen molar-refractivity contribution in [2.45, 2.75) is 133 Å². The molecule has 8 heteroatoms. The van der Waals surface area contributed by atoms with Gasteiger partial charge in [-0.25, -0.2) is 4.39 Å². The number of para-hydroxylation sites is 1. The number of aryl methyl sites for hydroxylation is 1. The third-order valence-corrected chi connectivity index (χ3v) is 13.2. The van der Waals surface area contributed by atoms with Crippen molar-refractivity contribution >= 4 is 10.1 Å². The van der Waals surface area contributed by atoms with Gasteiger partial charge in [0, 0.05) is 36.2 Å². The lowest BCUT2D eigenvalue weighted by atomic mass is 9.64. The Labute approximate surface area is 319 Å². The molecule has 0 amide bonds. The van der Waals surface area contributed by atoms with Gasteiger partial charge in [-0.15, -0.1) is 0 Å². The third kappa shape index (κ3) is 11.1. The normalized spacial score (nSPS) is 22.5. The van der Waals surface area contributed by atoms with Crippen molar-refractivity contribution < 1.29 is 26.8 Å². The van der Waals surface area contributed by atoms with Crippen molar-refractivity contribution in [3.8, 4) is 5.75 Å². The number of benzene rings is 3. The fraction of sp³-hybridized carbons (Fsp3) is 0.600. The van der Waals surface area contributed by atoms with Crippen LogP contribution in [0.4, 0.5) is 4.39 Å². The molecule has 5 atom stereocenters. The van der Waals surface area contributed by atoms with Crippen molar-refractivity contribution in [2.24, 2.45) is 17.8 Å². The van der Waals surface area contributed by atoms with Crippen LogP contribution >= 0.6 is 0 Å². The molecule has 5 rings (SSSR count). The molecule has 0 spiro atoms. The van der Waals surface area contributed by atoms with Gasteiger partial charge in [0.25, 0.3) is 10.1 Å². The van der Waals surface area contributed by atoms with Gasteiger partial charge in [-0.1, -0.05) is 144 Å². The van der Waals surface area contributed by atoms with Crippen LogP contribution in [0.25, 0.3) is 0 Å². The molecule has 292 valence electrons. The summed E-state index contributed by atoms with van der Waals surface area (Å²) in [5.74, 6) is -0.0267. The molecule has 5 unspecified atom stereocenters. The standard InChI is InChI=1S/C45H64FNO5S/c1-4-5-6-7-8-9-10-11-12-13-14-15-16-24-43(39-21-17-20-25-44(39)51-3)47-32-37-30-36(34-52-53(49,50)38-28-26-35(2)27-29-38)31-45(48,41(37)33-47)40-22-18-19-23-42(40)46/h17-23,25-29,36-37,41,43,48H,4-16,24,30-34H2,1-3H3. The number of nitrogens with zero attached hydrogens (tertiary/aromatic N) is 1. The Hall–Kier alpha value is -2.78. The second kappa shape index (κ2) is 20.2. The monoisotopic (exact) mass is 749 g/mol. The Kier molecular flexibility index (Phi) is 15.8. The summed E-state index contributed by atoms with van der Waals surface area (Å²) >= 11 is 0. The van der Waals surface area contributed by atoms with Crippen molar-refractivity contribution in [1.29, 1.82) is 0 Å². The molecule has 0 aromatic heterocycles. The van der Waals surface area contributed by atoms with Gasteiger partial charge < -0.3 is 9.84 Å². The van der Waals surface area contributed by atoms with E-state index in [9.17, 15) is 13.5 Å².